The number of carbonyl (C=O) groups is 1. The third-order valence-corrected chi connectivity index (χ3v) is 8.21. The minimum Gasteiger partial charge on any atom is -0.356 e. The molecule has 2 aromatic rings. The Labute approximate surface area is 205 Å². The van der Waals surface area contributed by atoms with Gasteiger partial charge in [-0.25, -0.2) is 0 Å². The Morgan fingerprint density at radius 1 is 1.12 bits per heavy atom. The van der Waals surface area contributed by atoms with E-state index in [1.807, 2.05) is 6.20 Å². The van der Waals surface area contributed by atoms with Crippen LogP contribution in [0.4, 0.5) is 0 Å². The maximum Gasteiger partial charge on any atom is 0.223 e. The average molecular weight is 512 g/mol. The number of fused-ring (bicyclic) bond motifs is 2. The van der Waals surface area contributed by atoms with Crippen molar-refractivity contribution in [2.75, 3.05) is 32.7 Å². The molecule has 33 heavy (non-hydrogen) atoms. The zero-order valence-corrected chi connectivity index (χ0v) is 21.2. The van der Waals surface area contributed by atoms with Crippen molar-refractivity contribution in [3.8, 4) is 0 Å². The normalized spacial score (nSPS) is 22.3. The molecule has 2 N–H and O–H groups in total. The molecule has 1 aromatic carbocycles. The lowest BCUT2D eigenvalue weighted by Gasteiger charge is -2.38. The average Bonchev–Trinajstić information content (AvgIpc) is 2.99. The van der Waals surface area contributed by atoms with Gasteiger partial charge in [-0.1, -0.05) is 23.8 Å². The summed E-state index contributed by atoms with van der Waals surface area (Å²) < 4.78 is 1.05. The van der Waals surface area contributed by atoms with Crippen molar-refractivity contribution in [1.82, 2.24) is 20.5 Å². The Morgan fingerprint density at radius 2 is 1.88 bits per heavy atom. The Bertz CT molecular complexity index is 942. The fourth-order valence-corrected chi connectivity index (χ4v) is 6.22. The lowest BCUT2D eigenvalue weighted by atomic mass is 9.90. The molecule has 2 aliphatic heterocycles. The van der Waals surface area contributed by atoms with E-state index in [-0.39, 0.29) is 17.9 Å². The van der Waals surface area contributed by atoms with Crippen LogP contribution in [0.25, 0.3) is 0 Å². The highest BCUT2D eigenvalue weighted by molar-refractivity contribution is 9.10. The van der Waals surface area contributed by atoms with E-state index in [0.717, 1.165) is 62.9 Å². The number of amides is 1. The third kappa shape index (κ3) is 5.18. The topological polar surface area (TPSA) is 57.3 Å². The molecule has 0 bridgehead atoms. The second-order valence-electron chi connectivity index (χ2n) is 10.1. The molecule has 2 fully saturated rings. The Morgan fingerprint density at radius 3 is 2.67 bits per heavy atom. The summed E-state index contributed by atoms with van der Waals surface area (Å²) in [5.74, 6) is 1.01. The lowest BCUT2D eigenvalue weighted by molar-refractivity contribution is -0.126. The van der Waals surface area contributed by atoms with Gasteiger partial charge in [-0.2, -0.15) is 0 Å². The predicted octanol–water partition coefficient (Wildman–Crippen LogP) is 4.17. The zero-order chi connectivity index (χ0) is 22.8. The number of hydrogen-bond acceptors (Lipinski definition) is 4. The fourth-order valence-electron chi connectivity index (χ4n) is 5.84. The lowest BCUT2D eigenvalue weighted by Crippen LogP contribution is -2.44. The Balaban J connectivity index is 1.30. The molecule has 1 aliphatic carbocycles. The molecule has 0 radical (unpaired) electrons. The van der Waals surface area contributed by atoms with E-state index < -0.39 is 0 Å². The number of nitrogens with zero attached hydrogens (tertiary/aromatic N) is 2. The summed E-state index contributed by atoms with van der Waals surface area (Å²) in [7, 11) is 0. The van der Waals surface area contributed by atoms with Crippen LogP contribution in [-0.2, 0) is 17.6 Å². The highest BCUT2D eigenvalue weighted by Gasteiger charge is 2.34. The first-order valence-corrected chi connectivity index (χ1v) is 13.3. The van der Waals surface area contributed by atoms with Gasteiger partial charge in [0.15, 0.2) is 0 Å². The molecule has 0 spiro atoms. The molecule has 1 aromatic heterocycles. The maximum atomic E-state index is 12.9. The van der Waals surface area contributed by atoms with Crippen molar-refractivity contribution in [3.63, 3.8) is 0 Å². The van der Waals surface area contributed by atoms with Crippen LogP contribution >= 0.6 is 15.9 Å². The van der Waals surface area contributed by atoms with Crippen LogP contribution in [0.1, 0.15) is 59.7 Å². The van der Waals surface area contributed by atoms with Crippen LogP contribution in [-0.4, -0.2) is 48.5 Å². The van der Waals surface area contributed by atoms with Crippen molar-refractivity contribution < 1.29 is 4.79 Å². The van der Waals surface area contributed by atoms with Crippen LogP contribution in [0, 0.1) is 18.8 Å². The van der Waals surface area contributed by atoms with Gasteiger partial charge in [0.05, 0.1) is 11.7 Å². The van der Waals surface area contributed by atoms with Crippen molar-refractivity contribution in [1.29, 1.82) is 0 Å². The van der Waals surface area contributed by atoms with Crippen molar-refractivity contribution in [2.24, 2.45) is 11.8 Å². The van der Waals surface area contributed by atoms with Gasteiger partial charge in [-0.05, 0) is 116 Å². The first kappa shape index (κ1) is 23.0. The van der Waals surface area contributed by atoms with Crippen LogP contribution in [0.15, 0.2) is 34.9 Å². The number of aromatic nitrogens is 1. The van der Waals surface area contributed by atoms with E-state index >= 15 is 0 Å². The summed E-state index contributed by atoms with van der Waals surface area (Å²) in [5.41, 5.74) is 6.68. The molecule has 3 heterocycles. The zero-order valence-electron chi connectivity index (χ0n) is 19.6. The second kappa shape index (κ2) is 10.2. The molecule has 3 aliphatic rings. The number of rotatable bonds is 4. The van der Waals surface area contributed by atoms with Gasteiger partial charge < -0.3 is 10.6 Å². The van der Waals surface area contributed by atoms with Gasteiger partial charge >= 0.3 is 0 Å². The van der Waals surface area contributed by atoms with E-state index in [9.17, 15) is 4.79 Å². The number of pyridine rings is 1. The van der Waals surface area contributed by atoms with Gasteiger partial charge in [0, 0.05) is 23.1 Å². The minimum absolute atomic E-state index is 0.128. The molecule has 1 unspecified atom stereocenters. The summed E-state index contributed by atoms with van der Waals surface area (Å²) in [5, 5.41) is 6.67. The molecule has 1 atom stereocenters. The number of likely N-dealkylation sites (tertiary alicyclic amines) is 1. The van der Waals surface area contributed by atoms with E-state index in [4.69, 9.17) is 4.98 Å². The van der Waals surface area contributed by atoms with Crippen molar-refractivity contribution in [2.45, 2.75) is 51.5 Å². The highest BCUT2D eigenvalue weighted by Crippen LogP contribution is 2.38. The minimum atomic E-state index is 0.128. The van der Waals surface area contributed by atoms with Crippen molar-refractivity contribution in [3.05, 3.63) is 62.9 Å². The van der Waals surface area contributed by atoms with E-state index in [1.165, 1.54) is 40.8 Å². The molecule has 5 rings (SSSR count). The maximum absolute atomic E-state index is 12.9. The van der Waals surface area contributed by atoms with Gasteiger partial charge in [0.2, 0.25) is 5.91 Å². The Kier molecular flexibility index (Phi) is 7.14. The summed E-state index contributed by atoms with van der Waals surface area (Å²) in [6, 6.07) is 9.31. The van der Waals surface area contributed by atoms with Crippen LogP contribution in [0.5, 0.6) is 0 Å². The van der Waals surface area contributed by atoms with Gasteiger partial charge in [0.25, 0.3) is 0 Å². The first-order valence-electron chi connectivity index (χ1n) is 12.5. The number of nitrogens with one attached hydrogen (secondary N) is 2. The smallest absolute Gasteiger partial charge is 0.223 e. The third-order valence-electron chi connectivity index (χ3n) is 7.77. The summed E-state index contributed by atoms with van der Waals surface area (Å²) in [6.45, 7) is 7.03. The van der Waals surface area contributed by atoms with Gasteiger partial charge in [-0.15, -0.1) is 0 Å². The van der Waals surface area contributed by atoms with E-state index in [2.05, 4.69) is 62.7 Å². The quantitative estimate of drug-likeness (QED) is 0.647. The predicted molar refractivity (Wildman–Crippen MR) is 135 cm³/mol. The van der Waals surface area contributed by atoms with E-state index in [0.29, 0.717) is 5.92 Å². The van der Waals surface area contributed by atoms with Crippen LogP contribution < -0.4 is 10.6 Å². The van der Waals surface area contributed by atoms with Crippen LogP contribution in [0.2, 0.25) is 0 Å². The summed E-state index contributed by atoms with van der Waals surface area (Å²) in [4.78, 5) is 20.4. The molecule has 2 saturated heterocycles. The molecule has 6 heteroatoms. The molecule has 176 valence electrons. The number of aryl methyl sites for hydroxylation is 3. The SMILES string of the molecule is Cc1ccc2c(c1)CCc1cc(Br)cnc1C2N1CCC(C(=O)NCC2CCNCC2)CC1. The largest absolute Gasteiger partial charge is 0.356 e. The summed E-state index contributed by atoms with van der Waals surface area (Å²) in [6.07, 6.45) is 8.18. The number of benzene rings is 1. The van der Waals surface area contributed by atoms with Crippen molar-refractivity contribution >= 4 is 21.8 Å². The fraction of sp³-hybridized carbons (Fsp3) is 0.556. The monoisotopic (exact) mass is 510 g/mol. The molecule has 1 amide bonds. The van der Waals surface area contributed by atoms with Gasteiger partial charge in [0.1, 0.15) is 0 Å². The molecule has 0 saturated carbocycles. The summed E-state index contributed by atoms with van der Waals surface area (Å²) >= 11 is 3.62. The second-order valence-corrected chi connectivity index (χ2v) is 11.0. The Hall–Kier alpha value is -1.76. The van der Waals surface area contributed by atoms with Crippen LogP contribution in [0.3, 0.4) is 0 Å². The first-order chi connectivity index (χ1) is 16.1. The molecular weight excluding hydrogens is 476 g/mol. The van der Waals surface area contributed by atoms with E-state index in [1.54, 1.807) is 0 Å². The standard InChI is InChI=1S/C27H35BrN4O/c1-18-2-5-24-21(14-18)3-4-22-15-23(28)17-30-25(22)26(24)32-12-8-20(9-13-32)27(33)31-16-19-6-10-29-11-7-19/h2,5,14-15,17,19-20,26,29H,3-4,6-13,16H2,1H3,(H,31,33). The number of halogens is 1. The number of piperidine rings is 2. The molecule has 5 nitrogen and oxygen atoms in total. The molecular formula is C27H35BrN4O. The number of carbonyl (C=O) groups excluding carboxylic acids is 1. The highest BCUT2D eigenvalue weighted by atomic mass is 79.9. The number of hydrogen-bond donors (Lipinski definition) is 2. The van der Waals surface area contributed by atoms with Gasteiger partial charge in [-0.3, -0.25) is 14.7 Å².